The third-order valence-electron chi connectivity index (χ3n) is 4.10. The molecule has 0 amide bonds. The second kappa shape index (κ2) is 7.92. The van der Waals surface area contributed by atoms with Crippen LogP contribution in [0, 0.1) is 6.92 Å². The third-order valence-corrected chi connectivity index (χ3v) is 4.10. The molecule has 25 heavy (non-hydrogen) atoms. The average Bonchev–Trinajstić information content (AvgIpc) is 2.61. The molecule has 0 saturated carbocycles. The van der Waals surface area contributed by atoms with Crippen LogP contribution in [-0.4, -0.2) is 21.0 Å². The molecule has 1 N–H and O–H groups in total. The molecular weight excluding hydrogens is 312 g/mol. The maximum Gasteiger partial charge on any atom is 0.180 e. The fourth-order valence-electron chi connectivity index (χ4n) is 2.85. The van der Waals surface area contributed by atoms with Crippen molar-refractivity contribution in [1.29, 1.82) is 0 Å². The quantitative estimate of drug-likeness (QED) is 0.688. The summed E-state index contributed by atoms with van der Waals surface area (Å²) in [7, 11) is 0. The van der Waals surface area contributed by atoms with Gasteiger partial charge in [-0.2, -0.15) is 0 Å². The van der Waals surface area contributed by atoms with Gasteiger partial charge in [0.2, 0.25) is 0 Å². The van der Waals surface area contributed by atoms with Gasteiger partial charge in [0.1, 0.15) is 12.4 Å². The van der Waals surface area contributed by atoms with Crippen molar-refractivity contribution in [3.8, 4) is 5.75 Å². The lowest BCUT2D eigenvalue weighted by Crippen LogP contribution is -2.17. The lowest BCUT2D eigenvalue weighted by molar-refractivity contribution is 0.301. The summed E-state index contributed by atoms with van der Waals surface area (Å²) in [5, 5.41) is 5.69. The first-order chi connectivity index (χ1) is 12.2. The summed E-state index contributed by atoms with van der Waals surface area (Å²) in [6.07, 6.45) is 5.74. The number of aryl methyl sites for hydroxylation is 1. The van der Waals surface area contributed by atoms with Gasteiger partial charge in [-0.25, -0.2) is 9.97 Å². The summed E-state index contributed by atoms with van der Waals surface area (Å²) >= 11 is 0. The Morgan fingerprint density at radius 1 is 1.16 bits per heavy atom. The number of ether oxygens (including phenoxy) is 1. The van der Waals surface area contributed by atoms with E-state index in [9.17, 15) is 0 Å². The average molecular weight is 336 g/mol. The normalized spacial score (nSPS) is 12.1. The first-order valence-electron chi connectivity index (χ1n) is 8.73. The second-order valence-electron chi connectivity index (χ2n) is 6.23. The Balaban J connectivity index is 1.80. The standard InChI is InChI=1S/C20H24N4O/c1-4-7-14(2)23-20-19(12-22-15(3)24-20)25-13-18-17-9-6-5-8-16(17)10-11-21-18/h5-6,8-12,14H,4,7,13H2,1-3H3,(H,22,23,24)/t14-/m0/s1. The van der Waals surface area contributed by atoms with Gasteiger partial charge >= 0.3 is 0 Å². The van der Waals surface area contributed by atoms with E-state index in [4.69, 9.17) is 4.74 Å². The first-order valence-corrected chi connectivity index (χ1v) is 8.73. The predicted octanol–water partition coefficient (Wildman–Crippen LogP) is 4.51. The van der Waals surface area contributed by atoms with Crippen LogP contribution in [0.5, 0.6) is 5.75 Å². The van der Waals surface area contributed by atoms with E-state index in [-0.39, 0.29) is 0 Å². The smallest absolute Gasteiger partial charge is 0.180 e. The number of aromatic nitrogens is 3. The van der Waals surface area contributed by atoms with Gasteiger partial charge in [-0.15, -0.1) is 0 Å². The molecule has 0 aliphatic heterocycles. The van der Waals surface area contributed by atoms with Crippen LogP contribution in [0.2, 0.25) is 0 Å². The molecule has 0 bridgehead atoms. The molecule has 0 spiro atoms. The van der Waals surface area contributed by atoms with Gasteiger partial charge < -0.3 is 10.1 Å². The molecule has 0 fully saturated rings. The minimum absolute atomic E-state index is 0.331. The van der Waals surface area contributed by atoms with Gasteiger partial charge in [-0.05, 0) is 31.7 Å². The first kappa shape index (κ1) is 17.1. The molecule has 5 heteroatoms. The molecule has 2 heterocycles. The molecule has 1 aromatic carbocycles. The van der Waals surface area contributed by atoms with Gasteiger partial charge in [0, 0.05) is 17.6 Å². The summed E-state index contributed by atoms with van der Waals surface area (Å²) in [5.74, 6) is 2.12. The Labute approximate surface area is 148 Å². The van der Waals surface area contributed by atoms with Crippen molar-refractivity contribution in [2.75, 3.05) is 5.32 Å². The summed E-state index contributed by atoms with van der Waals surface area (Å²) in [5.41, 5.74) is 0.909. The van der Waals surface area contributed by atoms with Crippen LogP contribution in [-0.2, 0) is 6.61 Å². The maximum absolute atomic E-state index is 6.02. The molecule has 3 rings (SSSR count). The van der Waals surface area contributed by atoms with E-state index >= 15 is 0 Å². The highest BCUT2D eigenvalue weighted by atomic mass is 16.5. The molecule has 3 aromatic rings. The number of pyridine rings is 1. The van der Waals surface area contributed by atoms with Crippen molar-refractivity contribution in [1.82, 2.24) is 15.0 Å². The lowest BCUT2D eigenvalue weighted by Gasteiger charge is -2.17. The van der Waals surface area contributed by atoms with Crippen molar-refractivity contribution in [2.45, 2.75) is 46.3 Å². The van der Waals surface area contributed by atoms with E-state index in [0.717, 1.165) is 41.0 Å². The zero-order valence-electron chi connectivity index (χ0n) is 15.0. The van der Waals surface area contributed by atoms with E-state index in [1.807, 2.05) is 31.3 Å². The maximum atomic E-state index is 6.02. The van der Waals surface area contributed by atoms with Crippen LogP contribution in [0.25, 0.3) is 10.8 Å². The van der Waals surface area contributed by atoms with Gasteiger partial charge in [0.05, 0.1) is 11.9 Å². The van der Waals surface area contributed by atoms with Crippen molar-refractivity contribution >= 4 is 16.6 Å². The minimum Gasteiger partial charge on any atom is -0.482 e. The third kappa shape index (κ3) is 4.24. The number of nitrogens with zero attached hydrogens (tertiary/aromatic N) is 3. The highest BCUT2D eigenvalue weighted by molar-refractivity contribution is 5.84. The van der Waals surface area contributed by atoms with Crippen molar-refractivity contribution < 1.29 is 4.74 Å². The zero-order chi connectivity index (χ0) is 17.6. The Bertz CT molecular complexity index is 845. The fourth-order valence-corrected chi connectivity index (χ4v) is 2.85. The number of anilines is 1. The topological polar surface area (TPSA) is 59.9 Å². The Morgan fingerprint density at radius 3 is 2.84 bits per heavy atom. The number of rotatable bonds is 7. The molecular formula is C20H24N4O. The molecule has 0 saturated heterocycles. The molecule has 130 valence electrons. The summed E-state index contributed by atoms with van der Waals surface area (Å²) in [6.45, 7) is 6.58. The molecule has 1 atom stereocenters. The highest BCUT2D eigenvalue weighted by Gasteiger charge is 2.11. The van der Waals surface area contributed by atoms with Crippen LogP contribution in [0.4, 0.5) is 5.82 Å². The van der Waals surface area contributed by atoms with Crippen LogP contribution < -0.4 is 10.1 Å². The molecule has 0 aliphatic rings. The van der Waals surface area contributed by atoms with Gasteiger partial charge in [-0.1, -0.05) is 37.6 Å². The predicted molar refractivity (Wildman–Crippen MR) is 101 cm³/mol. The van der Waals surface area contributed by atoms with E-state index in [2.05, 4.69) is 46.2 Å². The number of nitrogens with one attached hydrogen (secondary N) is 1. The summed E-state index contributed by atoms with van der Waals surface area (Å²) < 4.78 is 6.02. The van der Waals surface area contributed by atoms with Gasteiger partial charge in [0.25, 0.3) is 0 Å². The lowest BCUT2D eigenvalue weighted by atomic mass is 10.1. The Kier molecular flexibility index (Phi) is 5.43. The Morgan fingerprint density at radius 2 is 2.00 bits per heavy atom. The largest absolute Gasteiger partial charge is 0.482 e. The molecule has 0 radical (unpaired) electrons. The SMILES string of the molecule is CCC[C@H](C)Nc1nc(C)ncc1OCc1nccc2ccccc12. The van der Waals surface area contributed by atoms with E-state index in [1.165, 1.54) is 0 Å². The zero-order valence-corrected chi connectivity index (χ0v) is 15.0. The summed E-state index contributed by atoms with van der Waals surface area (Å²) in [6, 6.07) is 10.5. The number of hydrogen-bond donors (Lipinski definition) is 1. The van der Waals surface area contributed by atoms with Crippen molar-refractivity contribution in [2.24, 2.45) is 0 Å². The molecule has 0 unspecified atom stereocenters. The highest BCUT2D eigenvalue weighted by Crippen LogP contribution is 2.24. The number of benzene rings is 1. The molecule has 2 aromatic heterocycles. The minimum atomic E-state index is 0.331. The van der Waals surface area contributed by atoms with Crippen LogP contribution >= 0.6 is 0 Å². The van der Waals surface area contributed by atoms with Gasteiger partial charge in [-0.3, -0.25) is 4.98 Å². The number of fused-ring (bicyclic) bond motifs is 1. The second-order valence-corrected chi connectivity index (χ2v) is 6.23. The molecule has 0 aliphatic carbocycles. The summed E-state index contributed by atoms with van der Waals surface area (Å²) in [4.78, 5) is 13.2. The van der Waals surface area contributed by atoms with Crippen molar-refractivity contribution in [3.05, 3.63) is 54.2 Å². The Hall–Kier alpha value is -2.69. The monoisotopic (exact) mass is 336 g/mol. The van der Waals surface area contributed by atoms with E-state index in [1.54, 1.807) is 6.20 Å². The van der Waals surface area contributed by atoms with Crippen LogP contribution in [0.3, 0.4) is 0 Å². The van der Waals surface area contributed by atoms with Crippen LogP contribution in [0.15, 0.2) is 42.7 Å². The van der Waals surface area contributed by atoms with E-state index < -0.39 is 0 Å². The van der Waals surface area contributed by atoms with Gasteiger partial charge in [0.15, 0.2) is 11.6 Å². The number of hydrogen-bond acceptors (Lipinski definition) is 5. The van der Waals surface area contributed by atoms with E-state index in [0.29, 0.717) is 18.4 Å². The molecule has 5 nitrogen and oxygen atoms in total. The fraction of sp³-hybridized carbons (Fsp3) is 0.350. The van der Waals surface area contributed by atoms with Crippen LogP contribution in [0.1, 0.15) is 38.2 Å². The van der Waals surface area contributed by atoms with Crippen molar-refractivity contribution in [3.63, 3.8) is 0 Å².